The second kappa shape index (κ2) is 7.21. The number of aromatic nitrogens is 2. The van der Waals surface area contributed by atoms with Crippen LogP contribution in [0.4, 0.5) is 10.5 Å². The van der Waals surface area contributed by atoms with Gasteiger partial charge in [-0.05, 0) is 51.8 Å². The van der Waals surface area contributed by atoms with Crippen LogP contribution in [0.15, 0.2) is 29.4 Å². The summed E-state index contributed by atoms with van der Waals surface area (Å²) in [5.74, 6) is 0.758. The lowest BCUT2D eigenvalue weighted by atomic mass is 10.1. The first-order valence-electron chi connectivity index (χ1n) is 8.28. The number of hydrogen-bond acceptors (Lipinski definition) is 5. The van der Waals surface area contributed by atoms with Gasteiger partial charge in [0, 0.05) is 16.8 Å². The number of nitrogens with one attached hydrogen (secondary N) is 2. The topological polar surface area (TPSA) is 79.3 Å². The van der Waals surface area contributed by atoms with Crippen LogP contribution in [0.3, 0.4) is 0 Å². The van der Waals surface area contributed by atoms with E-state index in [0.29, 0.717) is 0 Å². The van der Waals surface area contributed by atoms with Crippen molar-refractivity contribution in [2.24, 2.45) is 5.10 Å². The summed E-state index contributed by atoms with van der Waals surface area (Å²) in [6, 6.07) is 7.23. The SMILES string of the molecule is CC(=NNC(=O)Nc1ccccc1C)c1sc2nc(C)nc(C)c2c1C. The average Bonchev–Trinajstić information content (AvgIpc) is 2.91. The maximum Gasteiger partial charge on any atom is 0.339 e. The van der Waals surface area contributed by atoms with E-state index >= 15 is 0 Å². The Hall–Kier alpha value is -2.80. The normalized spacial score (nSPS) is 11.7. The Labute approximate surface area is 156 Å². The Morgan fingerprint density at radius 2 is 1.85 bits per heavy atom. The number of hydrogen-bond donors (Lipinski definition) is 2. The Morgan fingerprint density at radius 3 is 2.58 bits per heavy atom. The number of amides is 2. The van der Waals surface area contributed by atoms with E-state index in [1.165, 1.54) is 0 Å². The van der Waals surface area contributed by atoms with E-state index < -0.39 is 0 Å². The number of para-hydroxylation sites is 1. The van der Waals surface area contributed by atoms with Gasteiger partial charge in [-0.25, -0.2) is 20.2 Å². The van der Waals surface area contributed by atoms with Gasteiger partial charge in [0.1, 0.15) is 10.7 Å². The fraction of sp³-hybridized carbons (Fsp3) is 0.263. The number of hydrazone groups is 1. The molecule has 0 radical (unpaired) electrons. The highest BCUT2D eigenvalue weighted by Gasteiger charge is 2.15. The van der Waals surface area contributed by atoms with Crippen LogP contribution in [-0.2, 0) is 0 Å². The summed E-state index contributed by atoms with van der Waals surface area (Å²) in [5.41, 5.74) is 7.11. The number of nitrogens with zero attached hydrogens (tertiary/aromatic N) is 3. The lowest BCUT2D eigenvalue weighted by molar-refractivity contribution is 0.252. The molecule has 0 fully saturated rings. The standard InChI is InChI=1S/C19H21N5OS/c1-10-8-6-7-9-15(10)22-19(25)24-23-13(4)17-11(2)16-12(3)20-14(5)21-18(16)26-17/h6-9H,1-5H3,(H2,22,24,25). The Kier molecular flexibility index (Phi) is 4.99. The molecule has 2 aromatic heterocycles. The predicted octanol–water partition coefficient (Wildman–Crippen LogP) is 4.47. The average molecular weight is 367 g/mol. The smallest absolute Gasteiger partial charge is 0.306 e. The van der Waals surface area contributed by atoms with Crippen molar-refractivity contribution >= 4 is 39.0 Å². The highest BCUT2D eigenvalue weighted by atomic mass is 32.1. The van der Waals surface area contributed by atoms with Crippen LogP contribution in [0.25, 0.3) is 10.2 Å². The van der Waals surface area contributed by atoms with Crippen molar-refractivity contribution in [2.45, 2.75) is 34.6 Å². The number of carbonyl (C=O) groups is 1. The fourth-order valence-corrected chi connectivity index (χ4v) is 4.09. The van der Waals surface area contributed by atoms with Gasteiger partial charge >= 0.3 is 6.03 Å². The maximum absolute atomic E-state index is 12.1. The second-order valence-corrected chi connectivity index (χ2v) is 7.17. The molecule has 3 aromatic rings. The summed E-state index contributed by atoms with van der Waals surface area (Å²) >= 11 is 1.56. The number of rotatable bonds is 3. The molecule has 7 heteroatoms. The van der Waals surface area contributed by atoms with Crippen LogP contribution in [-0.4, -0.2) is 21.7 Å². The molecule has 0 aliphatic heterocycles. The minimum atomic E-state index is -0.371. The molecule has 0 spiro atoms. The first kappa shape index (κ1) is 18.0. The second-order valence-electron chi connectivity index (χ2n) is 6.17. The summed E-state index contributed by atoms with van der Waals surface area (Å²) in [6.45, 7) is 9.73. The van der Waals surface area contributed by atoms with Crippen molar-refractivity contribution in [1.29, 1.82) is 0 Å². The van der Waals surface area contributed by atoms with E-state index in [-0.39, 0.29) is 6.03 Å². The summed E-state index contributed by atoms with van der Waals surface area (Å²) in [4.78, 5) is 23.0. The summed E-state index contributed by atoms with van der Waals surface area (Å²) in [5, 5.41) is 8.11. The lowest BCUT2D eigenvalue weighted by Crippen LogP contribution is -2.25. The van der Waals surface area contributed by atoms with E-state index in [4.69, 9.17) is 0 Å². The number of urea groups is 1. The number of anilines is 1. The van der Waals surface area contributed by atoms with E-state index in [2.05, 4.69) is 25.8 Å². The largest absolute Gasteiger partial charge is 0.339 e. The molecule has 1 aromatic carbocycles. The van der Waals surface area contributed by atoms with Crippen molar-refractivity contribution in [3.05, 3.63) is 51.8 Å². The van der Waals surface area contributed by atoms with Crippen molar-refractivity contribution < 1.29 is 4.79 Å². The molecular weight excluding hydrogens is 346 g/mol. The van der Waals surface area contributed by atoms with Gasteiger partial charge in [-0.1, -0.05) is 18.2 Å². The molecule has 0 unspecified atom stereocenters. The zero-order valence-corrected chi connectivity index (χ0v) is 16.3. The zero-order chi connectivity index (χ0) is 18.8. The van der Waals surface area contributed by atoms with Crippen molar-refractivity contribution in [3.8, 4) is 0 Å². The predicted molar refractivity (Wildman–Crippen MR) is 107 cm³/mol. The molecule has 0 saturated heterocycles. The van der Waals surface area contributed by atoms with Crippen molar-refractivity contribution in [1.82, 2.24) is 15.4 Å². The number of carbonyl (C=O) groups excluding carboxylic acids is 1. The molecule has 6 nitrogen and oxygen atoms in total. The first-order valence-corrected chi connectivity index (χ1v) is 9.10. The van der Waals surface area contributed by atoms with Gasteiger partial charge < -0.3 is 5.32 Å². The quantitative estimate of drug-likeness (QED) is 0.529. The first-order chi connectivity index (χ1) is 12.4. The monoisotopic (exact) mass is 367 g/mol. The van der Waals surface area contributed by atoms with E-state index in [9.17, 15) is 4.79 Å². The molecule has 0 aliphatic rings. The Morgan fingerprint density at radius 1 is 1.12 bits per heavy atom. The summed E-state index contributed by atoms with van der Waals surface area (Å²) in [7, 11) is 0. The summed E-state index contributed by atoms with van der Waals surface area (Å²) < 4.78 is 0. The number of thiophene rings is 1. The maximum atomic E-state index is 12.1. The minimum Gasteiger partial charge on any atom is -0.306 e. The van der Waals surface area contributed by atoms with Crippen molar-refractivity contribution in [3.63, 3.8) is 0 Å². The molecule has 3 rings (SSSR count). The number of fused-ring (bicyclic) bond motifs is 1. The molecule has 26 heavy (non-hydrogen) atoms. The molecule has 2 amide bonds. The molecule has 2 heterocycles. The Balaban J connectivity index is 1.81. The lowest BCUT2D eigenvalue weighted by Gasteiger charge is -2.07. The molecule has 2 N–H and O–H groups in total. The van der Waals surface area contributed by atoms with Gasteiger partial charge in [-0.2, -0.15) is 5.10 Å². The van der Waals surface area contributed by atoms with Gasteiger partial charge in [0.25, 0.3) is 0 Å². The van der Waals surface area contributed by atoms with Crippen LogP contribution in [0.2, 0.25) is 0 Å². The van der Waals surface area contributed by atoms with Gasteiger partial charge in [0.15, 0.2) is 0 Å². The fourth-order valence-electron chi connectivity index (χ4n) is 2.87. The van der Waals surface area contributed by atoms with E-state index in [1.807, 2.05) is 58.9 Å². The summed E-state index contributed by atoms with van der Waals surface area (Å²) in [6.07, 6.45) is 0. The third-order valence-electron chi connectivity index (χ3n) is 4.13. The van der Waals surface area contributed by atoms with Crippen LogP contribution < -0.4 is 10.7 Å². The van der Waals surface area contributed by atoms with E-state index in [1.54, 1.807) is 11.3 Å². The van der Waals surface area contributed by atoms with Crippen LogP contribution in [0.5, 0.6) is 0 Å². The molecule has 0 atom stereocenters. The third kappa shape index (κ3) is 3.57. The zero-order valence-electron chi connectivity index (χ0n) is 15.5. The molecule has 134 valence electrons. The highest BCUT2D eigenvalue weighted by Crippen LogP contribution is 2.31. The number of benzene rings is 1. The number of aryl methyl sites for hydroxylation is 4. The van der Waals surface area contributed by atoms with Gasteiger partial charge in [-0.3, -0.25) is 0 Å². The van der Waals surface area contributed by atoms with Crippen molar-refractivity contribution in [2.75, 3.05) is 5.32 Å². The molecule has 0 saturated carbocycles. The third-order valence-corrected chi connectivity index (χ3v) is 5.42. The van der Waals surface area contributed by atoms with Gasteiger partial charge in [0.2, 0.25) is 0 Å². The van der Waals surface area contributed by atoms with Gasteiger partial charge in [-0.15, -0.1) is 11.3 Å². The van der Waals surface area contributed by atoms with Crippen LogP contribution in [0, 0.1) is 27.7 Å². The van der Waals surface area contributed by atoms with Gasteiger partial charge in [0.05, 0.1) is 10.6 Å². The highest BCUT2D eigenvalue weighted by molar-refractivity contribution is 7.20. The molecule has 0 bridgehead atoms. The Bertz CT molecular complexity index is 1020. The molecule has 0 aliphatic carbocycles. The van der Waals surface area contributed by atoms with Crippen LogP contribution >= 0.6 is 11.3 Å². The molecular formula is C19H21N5OS. The van der Waals surface area contributed by atoms with E-state index in [0.717, 1.165) is 49.1 Å². The van der Waals surface area contributed by atoms with Crippen LogP contribution in [0.1, 0.15) is 34.4 Å². The minimum absolute atomic E-state index is 0.371.